The van der Waals surface area contributed by atoms with Gasteiger partial charge in [0.2, 0.25) is 5.91 Å². The fourth-order valence-electron chi connectivity index (χ4n) is 2.17. The Hall–Kier alpha value is -0.610. The Bertz CT molecular complexity index is 257. The molecular weight excluding hydrogens is 218 g/mol. The minimum atomic E-state index is -0.689. The van der Waals surface area contributed by atoms with Gasteiger partial charge in [-0.3, -0.25) is 4.79 Å². The first-order valence-corrected chi connectivity index (χ1v) is 6.41. The lowest BCUT2D eigenvalue weighted by atomic mass is 9.85. The number of hydrogen-bond donors (Lipinski definition) is 2. The van der Waals surface area contributed by atoms with E-state index in [1.54, 1.807) is 7.11 Å². The van der Waals surface area contributed by atoms with E-state index in [0.29, 0.717) is 13.0 Å². The molecule has 2 N–H and O–H groups in total. The van der Waals surface area contributed by atoms with Gasteiger partial charge in [-0.25, -0.2) is 0 Å². The van der Waals surface area contributed by atoms with E-state index < -0.39 is 11.2 Å². The first-order chi connectivity index (χ1) is 7.87. The molecule has 0 unspecified atom stereocenters. The number of methoxy groups -OCH3 is 1. The quantitative estimate of drug-likeness (QED) is 0.771. The van der Waals surface area contributed by atoms with Gasteiger partial charge in [-0.15, -0.1) is 0 Å². The highest BCUT2D eigenvalue weighted by atomic mass is 16.5. The lowest BCUT2D eigenvalue weighted by molar-refractivity contribution is -0.127. The van der Waals surface area contributed by atoms with Crippen LogP contribution in [0.3, 0.4) is 0 Å². The van der Waals surface area contributed by atoms with Crippen LogP contribution in [0.5, 0.6) is 0 Å². The standard InChI is InChI=1S/C13H25NO3/c1-12(2,17-3)9-11(15)14-10-13(16)7-5-4-6-8-13/h16H,4-10H2,1-3H3,(H,14,15). The summed E-state index contributed by atoms with van der Waals surface area (Å²) in [4.78, 5) is 11.7. The molecule has 0 aliphatic heterocycles. The first-order valence-electron chi connectivity index (χ1n) is 6.41. The highest BCUT2D eigenvalue weighted by Gasteiger charge is 2.30. The molecule has 0 spiro atoms. The van der Waals surface area contributed by atoms with E-state index >= 15 is 0 Å². The van der Waals surface area contributed by atoms with Gasteiger partial charge in [-0.05, 0) is 26.7 Å². The second-order valence-electron chi connectivity index (χ2n) is 5.70. The van der Waals surface area contributed by atoms with Crippen LogP contribution in [0.2, 0.25) is 0 Å². The fourth-order valence-corrected chi connectivity index (χ4v) is 2.17. The molecule has 0 saturated heterocycles. The van der Waals surface area contributed by atoms with Crippen molar-refractivity contribution in [3.63, 3.8) is 0 Å². The molecule has 0 bridgehead atoms. The molecule has 0 aromatic heterocycles. The number of hydrogen-bond acceptors (Lipinski definition) is 3. The van der Waals surface area contributed by atoms with Crippen LogP contribution in [0.1, 0.15) is 52.4 Å². The van der Waals surface area contributed by atoms with Crippen LogP contribution in [-0.4, -0.2) is 35.9 Å². The molecule has 0 aromatic carbocycles. The van der Waals surface area contributed by atoms with Crippen molar-refractivity contribution in [2.75, 3.05) is 13.7 Å². The maximum atomic E-state index is 11.7. The van der Waals surface area contributed by atoms with Gasteiger partial charge < -0.3 is 15.2 Å². The van der Waals surface area contributed by atoms with E-state index in [9.17, 15) is 9.90 Å². The van der Waals surface area contributed by atoms with Gasteiger partial charge in [-0.1, -0.05) is 19.3 Å². The Labute approximate surface area is 104 Å². The van der Waals surface area contributed by atoms with Gasteiger partial charge in [0.15, 0.2) is 0 Å². The van der Waals surface area contributed by atoms with Crippen LogP contribution in [-0.2, 0) is 9.53 Å². The van der Waals surface area contributed by atoms with Crippen LogP contribution in [0.25, 0.3) is 0 Å². The van der Waals surface area contributed by atoms with Crippen molar-refractivity contribution >= 4 is 5.91 Å². The third-order valence-electron chi connectivity index (χ3n) is 3.54. The van der Waals surface area contributed by atoms with Gasteiger partial charge in [-0.2, -0.15) is 0 Å². The molecule has 0 heterocycles. The van der Waals surface area contributed by atoms with E-state index in [0.717, 1.165) is 25.7 Å². The van der Waals surface area contributed by atoms with Crippen LogP contribution in [0, 0.1) is 0 Å². The summed E-state index contributed by atoms with van der Waals surface area (Å²) in [5.74, 6) is -0.0594. The van der Waals surface area contributed by atoms with E-state index in [1.807, 2.05) is 13.8 Å². The monoisotopic (exact) mass is 243 g/mol. The van der Waals surface area contributed by atoms with Crippen molar-refractivity contribution in [1.82, 2.24) is 5.32 Å². The molecule has 1 amide bonds. The third kappa shape index (κ3) is 5.04. The minimum absolute atomic E-state index is 0.0594. The molecule has 0 radical (unpaired) electrons. The average Bonchev–Trinajstić information content (AvgIpc) is 2.27. The maximum absolute atomic E-state index is 11.7. The average molecular weight is 243 g/mol. The summed E-state index contributed by atoms with van der Waals surface area (Å²) >= 11 is 0. The number of amides is 1. The van der Waals surface area contributed by atoms with Crippen LogP contribution >= 0.6 is 0 Å². The van der Waals surface area contributed by atoms with E-state index in [4.69, 9.17) is 4.74 Å². The second kappa shape index (κ2) is 5.83. The van der Waals surface area contributed by atoms with Crippen molar-refractivity contribution in [3.8, 4) is 0 Å². The number of rotatable bonds is 5. The lowest BCUT2D eigenvalue weighted by Crippen LogP contribution is -2.45. The third-order valence-corrected chi connectivity index (χ3v) is 3.54. The molecule has 1 rings (SSSR count). The topological polar surface area (TPSA) is 58.6 Å². The molecule has 100 valence electrons. The molecule has 1 aliphatic rings. The maximum Gasteiger partial charge on any atom is 0.222 e. The fraction of sp³-hybridized carbons (Fsp3) is 0.923. The smallest absolute Gasteiger partial charge is 0.222 e. The second-order valence-corrected chi connectivity index (χ2v) is 5.70. The Balaban J connectivity index is 2.32. The zero-order valence-electron chi connectivity index (χ0n) is 11.2. The largest absolute Gasteiger partial charge is 0.388 e. The minimum Gasteiger partial charge on any atom is -0.388 e. The zero-order chi connectivity index (χ0) is 12.9. The van der Waals surface area contributed by atoms with Gasteiger partial charge in [0, 0.05) is 13.7 Å². The summed E-state index contributed by atoms with van der Waals surface area (Å²) < 4.78 is 5.20. The summed E-state index contributed by atoms with van der Waals surface area (Å²) in [7, 11) is 1.60. The van der Waals surface area contributed by atoms with Gasteiger partial charge >= 0.3 is 0 Å². The summed E-state index contributed by atoms with van der Waals surface area (Å²) in [6, 6.07) is 0. The predicted molar refractivity (Wildman–Crippen MR) is 66.7 cm³/mol. The Morgan fingerprint density at radius 3 is 2.47 bits per heavy atom. The molecule has 1 fully saturated rings. The van der Waals surface area contributed by atoms with Crippen molar-refractivity contribution in [3.05, 3.63) is 0 Å². The van der Waals surface area contributed by atoms with Crippen molar-refractivity contribution in [2.45, 2.75) is 63.6 Å². The van der Waals surface area contributed by atoms with Crippen LogP contribution < -0.4 is 5.32 Å². The van der Waals surface area contributed by atoms with E-state index in [2.05, 4.69) is 5.32 Å². The summed E-state index contributed by atoms with van der Waals surface area (Å²) in [6.07, 6.45) is 5.19. The highest BCUT2D eigenvalue weighted by molar-refractivity contribution is 5.77. The Morgan fingerprint density at radius 1 is 1.35 bits per heavy atom. The molecule has 4 heteroatoms. The zero-order valence-corrected chi connectivity index (χ0v) is 11.2. The molecular formula is C13H25NO3. The highest BCUT2D eigenvalue weighted by Crippen LogP contribution is 2.27. The molecule has 1 aliphatic carbocycles. The van der Waals surface area contributed by atoms with E-state index in [-0.39, 0.29) is 5.91 Å². The number of aliphatic hydroxyl groups is 1. The number of nitrogens with one attached hydrogen (secondary N) is 1. The Morgan fingerprint density at radius 2 is 1.94 bits per heavy atom. The normalized spacial score (nSPS) is 20.0. The number of carbonyl (C=O) groups is 1. The summed E-state index contributed by atoms with van der Waals surface area (Å²) in [5.41, 5.74) is -1.13. The summed E-state index contributed by atoms with van der Waals surface area (Å²) in [6.45, 7) is 4.12. The van der Waals surface area contributed by atoms with Gasteiger partial charge in [0.05, 0.1) is 17.6 Å². The lowest BCUT2D eigenvalue weighted by Gasteiger charge is -2.32. The SMILES string of the molecule is COC(C)(C)CC(=O)NCC1(O)CCCCC1. The van der Waals surface area contributed by atoms with Gasteiger partial charge in [0.1, 0.15) is 0 Å². The number of ether oxygens (including phenoxy) is 1. The van der Waals surface area contributed by atoms with Crippen molar-refractivity contribution in [1.29, 1.82) is 0 Å². The molecule has 4 nitrogen and oxygen atoms in total. The van der Waals surface area contributed by atoms with Crippen molar-refractivity contribution in [2.24, 2.45) is 0 Å². The Kier molecular flexibility index (Phi) is 4.95. The molecule has 17 heavy (non-hydrogen) atoms. The van der Waals surface area contributed by atoms with Crippen molar-refractivity contribution < 1.29 is 14.6 Å². The van der Waals surface area contributed by atoms with Crippen LogP contribution in [0.4, 0.5) is 0 Å². The molecule has 1 saturated carbocycles. The van der Waals surface area contributed by atoms with E-state index in [1.165, 1.54) is 6.42 Å². The first kappa shape index (κ1) is 14.5. The molecule has 0 atom stereocenters. The summed E-state index contributed by atoms with van der Waals surface area (Å²) in [5, 5.41) is 13.0. The molecule has 0 aromatic rings. The number of carbonyl (C=O) groups excluding carboxylic acids is 1. The van der Waals surface area contributed by atoms with Gasteiger partial charge in [0.25, 0.3) is 0 Å². The van der Waals surface area contributed by atoms with Crippen LogP contribution in [0.15, 0.2) is 0 Å². The predicted octanol–water partition coefficient (Wildman–Crippen LogP) is 1.61.